The van der Waals surface area contributed by atoms with Gasteiger partial charge >= 0.3 is 5.97 Å². The molecule has 0 fully saturated rings. The van der Waals surface area contributed by atoms with Crippen LogP contribution in [-0.2, 0) is 9.59 Å². The minimum Gasteiger partial charge on any atom is -0.481 e. The van der Waals surface area contributed by atoms with Crippen LogP contribution in [0, 0.1) is 5.92 Å². The highest BCUT2D eigenvalue weighted by molar-refractivity contribution is 5.82. The van der Waals surface area contributed by atoms with Gasteiger partial charge in [-0.3, -0.25) is 14.5 Å². The molecule has 0 aliphatic rings. The van der Waals surface area contributed by atoms with Crippen molar-refractivity contribution >= 4 is 11.9 Å². The van der Waals surface area contributed by atoms with Crippen molar-refractivity contribution in [3.05, 3.63) is 0 Å². The molecule has 6 nitrogen and oxygen atoms in total. The number of aliphatic carboxylic acids is 1. The zero-order valence-corrected chi connectivity index (χ0v) is 17.9. The molecule has 1 atom stereocenters. The van der Waals surface area contributed by atoms with E-state index in [2.05, 4.69) is 6.92 Å². The van der Waals surface area contributed by atoms with Crippen molar-refractivity contribution in [3.8, 4) is 0 Å². The van der Waals surface area contributed by atoms with E-state index in [1.54, 1.807) is 0 Å². The fraction of sp³-hybridized carbons (Fsp3) is 0.909. The van der Waals surface area contributed by atoms with Crippen LogP contribution in [0.15, 0.2) is 0 Å². The van der Waals surface area contributed by atoms with Crippen LogP contribution >= 0.6 is 0 Å². The topological polar surface area (TPSA) is 98.1 Å². The van der Waals surface area contributed by atoms with Gasteiger partial charge in [0.25, 0.3) is 0 Å². The summed E-state index contributed by atoms with van der Waals surface area (Å²) in [5.74, 6) is -2.26. The summed E-state index contributed by atoms with van der Waals surface area (Å²) < 4.78 is 0. The Morgan fingerprint density at radius 2 is 1.11 bits per heavy atom. The minimum absolute atomic E-state index is 0.172. The molecular weight excluding hydrogens is 358 g/mol. The first-order valence-electron chi connectivity index (χ1n) is 11.3. The molecule has 0 bridgehead atoms. The zero-order valence-electron chi connectivity index (χ0n) is 17.9. The Morgan fingerprint density at radius 3 is 1.46 bits per heavy atom. The van der Waals surface area contributed by atoms with Crippen LogP contribution in [0.4, 0.5) is 0 Å². The number of carbonyl (C=O) groups excluding carboxylic acids is 1. The van der Waals surface area contributed by atoms with Crippen LogP contribution in [0.1, 0.15) is 110 Å². The predicted molar refractivity (Wildman–Crippen MR) is 112 cm³/mol. The molecular formula is C22H43NO5. The first-order chi connectivity index (χ1) is 13.6. The summed E-state index contributed by atoms with van der Waals surface area (Å²) in [5, 5.41) is 27.2. The molecule has 0 aliphatic heterocycles. The fourth-order valence-corrected chi connectivity index (χ4v) is 3.44. The van der Waals surface area contributed by atoms with E-state index in [4.69, 9.17) is 10.2 Å². The molecule has 0 aromatic heterocycles. The summed E-state index contributed by atoms with van der Waals surface area (Å²) in [6.07, 6.45) is 17.8. The summed E-state index contributed by atoms with van der Waals surface area (Å²) >= 11 is 0. The van der Waals surface area contributed by atoms with Crippen molar-refractivity contribution in [1.29, 1.82) is 0 Å². The van der Waals surface area contributed by atoms with E-state index in [1.165, 1.54) is 70.6 Å². The Morgan fingerprint density at radius 1 is 0.714 bits per heavy atom. The first-order valence-corrected chi connectivity index (χ1v) is 11.3. The second kappa shape index (κ2) is 19.2. The molecule has 6 heteroatoms. The molecule has 0 radical (unpaired) electrons. The van der Waals surface area contributed by atoms with Crippen LogP contribution < -0.4 is 0 Å². The van der Waals surface area contributed by atoms with Gasteiger partial charge in [0, 0.05) is 6.42 Å². The van der Waals surface area contributed by atoms with Crippen LogP contribution in [0.25, 0.3) is 0 Å². The number of carboxylic acid groups (broad SMARTS) is 1. The van der Waals surface area contributed by atoms with Gasteiger partial charge in [-0.15, -0.1) is 0 Å². The summed E-state index contributed by atoms with van der Waals surface area (Å²) in [6.45, 7) is 1.05. The predicted octanol–water partition coefficient (Wildman–Crippen LogP) is 4.68. The van der Waals surface area contributed by atoms with Crippen molar-refractivity contribution in [2.75, 3.05) is 13.5 Å². The number of rotatable bonds is 20. The molecule has 0 heterocycles. The second-order valence-corrected chi connectivity index (χ2v) is 7.84. The Balaban J connectivity index is 3.61. The third kappa shape index (κ3) is 14.9. The van der Waals surface area contributed by atoms with Crippen molar-refractivity contribution in [1.82, 2.24) is 4.90 Å². The molecule has 3 N–H and O–H groups in total. The lowest BCUT2D eigenvalue weighted by Crippen LogP contribution is -2.35. The van der Waals surface area contributed by atoms with Gasteiger partial charge < -0.3 is 15.3 Å². The molecule has 0 saturated heterocycles. The molecule has 0 aromatic carbocycles. The minimum atomic E-state index is -0.987. The first kappa shape index (κ1) is 26.9. The van der Waals surface area contributed by atoms with Gasteiger partial charge in [0.05, 0.1) is 5.92 Å². The maximum atomic E-state index is 11.8. The molecule has 0 saturated carbocycles. The van der Waals surface area contributed by atoms with Crippen LogP contribution in [-0.4, -0.2) is 45.6 Å². The summed E-state index contributed by atoms with van der Waals surface area (Å²) in [5.41, 5.74) is 0. The van der Waals surface area contributed by atoms with E-state index in [0.29, 0.717) is 6.42 Å². The van der Waals surface area contributed by atoms with Gasteiger partial charge in [0.2, 0.25) is 5.91 Å². The number of carboxylic acids is 1. The average Bonchev–Trinajstić information content (AvgIpc) is 2.68. The van der Waals surface area contributed by atoms with Crippen molar-refractivity contribution in [3.63, 3.8) is 0 Å². The summed E-state index contributed by atoms with van der Waals surface area (Å²) in [7, 11) is 0. The fourth-order valence-electron chi connectivity index (χ4n) is 3.44. The standard InChI is InChI=1S/C22H43NO5/c1-2-3-4-5-6-7-8-9-10-11-12-13-14-15-16-20(22(27)28)17-21(26)23(18-24)19-25/h20,24-25H,2-19H2,1H3,(H,27,28). The van der Waals surface area contributed by atoms with Crippen LogP contribution in [0.5, 0.6) is 0 Å². The molecule has 0 spiro atoms. The Hall–Kier alpha value is -1.14. The monoisotopic (exact) mass is 401 g/mol. The smallest absolute Gasteiger partial charge is 0.307 e. The van der Waals surface area contributed by atoms with E-state index in [0.717, 1.165) is 24.2 Å². The van der Waals surface area contributed by atoms with Gasteiger partial charge in [0.1, 0.15) is 13.5 Å². The summed E-state index contributed by atoms with van der Waals surface area (Å²) in [4.78, 5) is 23.9. The lowest BCUT2D eigenvalue weighted by Gasteiger charge is -2.19. The summed E-state index contributed by atoms with van der Waals surface area (Å²) in [6, 6.07) is 0. The second-order valence-electron chi connectivity index (χ2n) is 7.84. The molecule has 0 aromatic rings. The Labute approximate surface area is 171 Å². The highest BCUT2D eigenvalue weighted by Gasteiger charge is 2.23. The zero-order chi connectivity index (χ0) is 21.0. The van der Waals surface area contributed by atoms with Crippen LogP contribution in [0.2, 0.25) is 0 Å². The van der Waals surface area contributed by atoms with E-state index in [9.17, 15) is 14.7 Å². The van der Waals surface area contributed by atoms with Gasteiger partial charge in [-0.1, -0.05) is 96.8 Å². The number of nitrogens with zero attached hydrogens (tertiary/aromatic N) is 1. The number of amides is 1. The van der Waals surface area contributed by atoms with Gasteiger partial charge in [-0.05, 0) is 6.42 Å². The van der Waals surface area contributed by atoms with Crippen molar-refractivity contribution < 1.29 is 24.9 Å². The van der Waals surface area contributed by atoms with E-state index >= 15 is 0 Å². The van der Waals surface area contributed by atoms with E-state index < -0.39 is 31.3 Å². The molecule has 0 aliphatic carbocycles. The van der Waals surface area contributed by atoms with Gasteiger partial charge in [0.15, 0.2) is 0 Å². The SMILES string of the molecule is CCCCCCCCCCCCCCCCC(CC(=O)N(CO)CO)C(=O)O. The third-order valence-electron chi connectivity index (χ3n) is 5.37. The Kier molecular flexibility index (Phi) is 18.4. The number of aliphatic hydroxyl groups excluding tert-OH is 2. The lowest BCUT2D eigenvalue weighted by atomic mass is 9.96. The van der Waals surface area contributed by atoms with Gasteiger partial charge in [-0.25, -0.2) is 0 Å². The Bertz CT molecular complexity index is 385. The third-order valence-corrected chi connectivity index (χ3v) is 5.37. The maximum absolute atomic E-state index is 11.8. The number of carbonyl (C=O) groups is 2. The van der Waals surface area contributed by atoms with Crippen molar-refractivity contribution in [2.45, 2.75) is 110 Å². The number of hydrogen-bond acceptors (Lipinski definition) is 4. The average molecular weight is 402 g/mol. The molecule has 0 rings (SSSR count). The van der Waals surface area contributed by atoms with Crippen LogP contribution in [0.3, 0.4) is 0 Å². The molecule has 1 unspecified atom stereocenters. The molecule has 166 valence electrons. The van der Waals surface area contributed by atoms with Gasteiger partial charge in [-0.2, -0.15) is 0 Å². The van der Waals surface area contributed by atoms with Crippen molar-refractivity contribution in [2.24, 2.45) is 5.92 Å². The quantitative estimate of drug-likeness (QED) is 0.203. The molecule has 28 heavy (non-hydrogen) atoms. The molecule has 1 amide bonds. The van der Waals surface area contributed by atoms with E-state index in [1.807, 2.05) is 0 Å². The number of hydrogen-bond donors (Lipinski definition) is 3. The maximum Gasteiger partial charge on any atom is 0.307 e. The lowest BCUT2D eigenvalue weighted by molar-refractivity contribution is -0.149. The largest absolute Gasteiger partial charge is 0.481 e. The highest BCUT2D eigenvalue weighted by Crippen LogP contribution is 2.18. The number of aliphatic hydroxyl groups is 2. The highest BCUT2D eigenvalue weighted by atomic mass is 16.4. The van der Waals surface area contributed by atoms with E-state index in [-0.39, 0.29) is 6.42 Å². The normalized spacial score (nSPS) is 12.1. The number of unbranched alkanes of at least 4 members (excludes halogenated alkanes) is 13.